The van der Waals surface area contributed by atoms with Gasteiger partial charge >= 0.3 is 0 Å². The third-order valence-electron chi connectivity index (χ3n) is 2.30. The number of hydrogen-bond donors (Lipinski definition) is 2. The van der Waals surface area contributed by atoms with E-state index in [1.54, 1.807) is 0 Å². The van der Waals surface area contributed by atoms with Crippen molar-refractivity contribution in [2.45, 2.75) is 4.90 Å². The van der Waals surface area contributed by atoms with E-state index in [0.717, 1.165) is 18.4 Å². The minimum Gasteiger partial charge on any atom is -0.384 e. The first-order valence-electron chi connectivity index (χ1n) is 5.72. The smallest absolute Gasteiger partial charge is 0.243 e. The summed E-state index contributed by atoms with van der Waals surface area (Å²) in [4.78, 5) is -0.592. The van der Waals surface area contributed by atoms with Crippen LogP contribution in [0.1, 0.15) is 5.56 Å². The normalized spacial score (nSPS) is 11.8. The van der Waals surface area contributed by atoms with Crippen LogP contribution in [0, 0.1) is 17.7 Å². The molecule has 0 radical (unpaired) electrons. The minimum atomic E-state index is -4.14. The Kier molecular flexibility index (Phi) is 5.86. The van der Waals surface area contributed by atoms with Crippen LogP contribution in [-0.2, 0) is 19.9 Å². The highest BCUT2D eigenvalue weighted by molar-refractivity contribution is 7.91. The SMILES string of the molecule is CS(=O)(=O)CCNS(=O)(=O)c1ccc(C#CCO)cc1F. The lowest BCUT2D eigenvalue weighted by Crippen LogP contribution is -2.29. The van der Waals surface area contributed by atoms with Gasteiger partial charge < -0.3 is 5.11 Å². The van der Waals surface area contributed by atoms with Crippen molar-refractivity contribution in [1.29, 1.82) is 0 Å². The number of hydrogen-bond acceptors (Lipinski definition) is 5. The monoisotopic (exact) mass is 335 g/mol. The van der Waals surface area contributed by atoms with E-state index in [1.807, 2.05) is 4.72 Å². The molecule has 0 fully saturated rings. The van der Waals surface area contributed by atoms with Crippen LogP contribution >= 0.6 is 0 Å². The van der Waals surface area contributed by atoms with E-state index in [4.69, 9.17) is 5.11 Å². The quantitative estimate of drug-likeness (QED) is 0.706. The molecule has 0 saturated heterocycles. The number of aliphatic hydroxyl groups is 1. The molecule has 0 unspecified atom stereocenters. The summed E-state index contributed by atoms with van der Waals surface area (Å²) in [6.45, 7) is -0.735. The molecule has 1 rings (SSSR count). The molecule has 1 aromatic carbocycles. The maximum Gasteiger partial charge on any atom is 0.243 e. The summed E-state index contributed by atoms with van der Waals surface area (Å²) in [5.74, 6) is 3.36. The van der Waals surface area contributed by atoms with Crippen LogP contribution in [0.25, 0.3) is 0 Å². The van der Waals surface area contributed by atoms with Gasteiger partial charge in [-0.05, 0) is 18.2 Å². The first-order valence-corrected chi connectivity index (χ1v) is 9.27. The zero-order valence-corrected chi connectivity index (χ0v) is 12.8. The van der Waals surface area contributed by atoms with Crippen molar-refractivity contribution in [3.63, 3.8) is 0 Å². The second kappa shape index (κ2) is 7.00. The summed E-state index contributed by atoms with van der Waals surface area (Å²) in [5.41, 5.74) is 0.219. The number of sulfone groups is 1. The van der Waals surface area contributed by atoms with E-state index in [1.165, 1.54) is 6.07 Å². The molecule has 0 spiro atoms. The topological polar surface area (TPSA) is 101 Å². The van der Waals surface area contributed by atoms with Crippen molar-refractivity contribution in [2.75, 3.05) is 25.2 Å². The number of aliphatic hydroxyl groups excluding tert-OH is 1. The molecule has 0 saturated carbocycles. The van der Waals surface area contributed by atoms with Gasteiger partial charge in [-0.1, -0.05) is 11.8 Å². The Labute approximate surface area is 123 Å². The molecular formula is C12H14FNO5S2. The van der Waals surface area contributed by atoms with Crippen molar-refractivity contribution < 1.29 is 26.3 Å². The summed E-state index contributed by atoms with van der Waals surface area (Å²) in [6.07, 6.45) is 0.969. The summed E-state index contributed by atoms with van der Waals surface area (Å²) in [7, 11) is -7.46. The number of sulfonamides is 1. The summed E-state index contributed by atoms with van der Waals surface area (Å²) < 4.78 is 61.3. The predicted molar refractivity (Wildman–Crippen MR) is 75.3 cm³/mol. The molecule has 21 heavy (non-hydrogen) atoms. The molecule has 1 aromatic rings. The van der Waals surface area contributed by atoms with Crippen LogP contribution in [0.5, 0.6) is 0 Å². The van der Waals surface area contributed by atoms with Crippen LogP contribution in [-0.4, -0.2) is 47.1 Å². The molecule has 0 aliphatic carbocycles. The maximum atomic E-state index is 13.8. The van der Waals surface area contributed by atoms with Gasteiger partial charge in [-0.15, -0.1) is 0 Å². The average molecular weight is 335 g/mol. The van der Waals surface area contributed by atoms with Crippen LogP contribution in [0.15, 0.2) is 23.1 Å². The Bertz CT molecular complexity index is 776. The Hall–Kier alpha value is -1.47. The molecular weight excluding hydrogens is 321 g/mol. The Morgan fingerprint density at radius 2 is 1.95 bits per heavy atom. The van der Waals surface area contributed by atoms with Gasteiger partial charge in [-0.2, -0.15) is 0 Å². The molecule has 0 bridgehead atoms. The van der Waals surface area contributed by atoms with E-state index in [2.05, 4.69) is 11.8 Å². The fraction of sp³-hybridized carbons (Fsp3) is 0.333. The van der Waals surface area contributed by atoms with Gasteiger partial charge in [0, 0.05) is 18.4 Å². The van der Waals surface area contributed by atoms with Gasteiger partial charge in [0.2, 0.25) is 10.0 Å². The standard InChI is InChI=1S/C12H14FNO5S2/c1-20(16,17)8-6-14-21(18,19)12-5-4-10(3-2-7-15)9-11(12)13/h4-5,9,14-15H,6-8H2,1H3. The molecule has 0 atom stereocenters. The van der Waals surface area contributed by atoms with E-state index in [0.29, 0.717) is 0 Å². The second-order valence-corrected chi connectivity index (χ2v) is 8.13. The molecule has 0 heterocycles. The van der Waals surface area contributed by atoms with Crippen molar-refractivity contribution in [3.8, 4) is 11.8 Å². The molecule has 0 aromatic heterocycles. The molecule has 0 aliphatic heterocycles. The Balaban J connectivity index is 2.94. The Morgan fingerprint density at radius 1 is 1.29 bits per heavy atom. The van der Waals surface area contributed by atoms with Crippen molar-refractivity contribution in [1.82, 2.24) is 4.72 Å². The van der Waals surface area contributed by atoms with Crippen molar-refractivity contribution in [2.24, 2.45) is 0 Å². The highest BCUT2D eigenvalue weighted by atomic mass is 32.2. The third-order valence-corrected chi connectivity index (χ3v) is 4.74. The average Bonchev–Trinajstić information content (AvgIpc) is 2.34. The van der Waals surface area contributed by atoms with E-state index < -0.39 is 37.2 Å². The number of halogens is 1. The van der Waals surface area contributed by atoms with E-state index >= 15 is 0 Å². The summed E-state index contributed by atoms with van der Waals surface area (Å²) >= 11 is 0. The zero-order chi connectivity index (χ0) is 16.1. The lowest BCUT2D eigenvalue weighted by molar-refractivity contribution is 0.350. The van der Waals surface area contributed by atoms with Gasteiger partial charge in [0.15, 0.2) is 0 Å². The van der Waals surface area contributed by atoms with Crippen LogP contribution in [0.3, 0.4) is 0 Å². The lowest BCUT2D eigenvalue weighted by Gasteiger charge is -2.07. The van der Waals surface area contributed by atoms with E-state index in [9.17, 15) is 21.2 Å². The van der Waals surface area contributed by atoms with Gasteiger partial charge in [-0.25, -0.2) is 25.9 Å². The third kappa shape index (κ3) is 5.81. The van der Waals surface area contributed by atoms with E-state index in [-0.39, 0.29) is 17.9 Å². The molecule has 9 heteroatoms. The molecule has 0 aliphatic rings. The fourth-order valence-corrected chi connectivity index (χ4v) is 3.07. The highest BCUT2D eigenvalue weighted by Crippen LogP contribution is 2.15. The molecule has 116 valence electrons. The van der Waals surface area contributed by atoms with Crippen molar-refractivity contribution >= 4 is 19.9 Å². The van der Waals surface area contributed by atoms with Gasteiger partial charge in [0.25, 0.3) is 0 Å². The number of rotatable bonds is 5. The Morgan fingerprint density at radius 3 is 2.48 bits per heavy atom. The first-order chi connectivity index (χ1) is 9.65. The largest absolute Gasteiger partial charge is 0.384 e. The molecule has 6 nitrogen and oxygen atoms in total. The number of benzene rings is 1. The van der Waals surface area contributed by atoms with Gasteiger partial charge in [-0.3, -0.25) is 0 Å². The maximum absolute atomic E-state index is 13.8. The van der Waals surface area contributed by atoms with Crippen molar-refractivity contribution in [3.05, 3.63) is 29.6 Å². The second-order valence-electron chi connectivity index (χ2n) is 4.13. The summed E-state index contributed by atoms with van der Waals surface area (Å²) in [6, 6.07) is 3.24. The summed E-state index contributed by atoms with van der Waals surface area (Å²) in [5, 5.41) is 8.52. The molecule has 2 N–H and O–H groups in total. The van der Waals surface area contributed by atoms with Gasteiger partial charge in [0.1, 0.15) is 27.2 Å². The van der Waals surface area contributed by atoms with Crippen LogP contribution in [0.4, 0.5) is 4.39 Å². The zero-order valence-electron chi connectivity index (χ0n) is 11.1. The van der Waals surface area contributed by atoms with Crippen LogP contribution < -0.4 is 4.72 Å². The lowest BCUT2D eigenvalue weighted by atomic mass is 10.2. The molecule has 0 amide bonds. The van der Waals surface area contributed by atoms with Gasteiger partial charge in [0.05, 0.1) is 5.75 Å². The van der Waals surface area contributed by atoms with Crippen LogP contribution in [0.2, 0.25) is 0 Å². The highest BCUT2D eigenvalue weighted by Gasteiger charge is 2.19. The fourth-order valence-electron chi connectivity index (χ4n) is 1.38. The minimum absolute atomic E-state index is 0.219. The first kappa shape index (κ1) is 17.6. The predicted octanol–water partition coefficient (Wildman–Crippen LogP) is -0.508. The number of nitrogens with one attached hydrogen (secondary N) is 1.